The number of hydrogen-bond donors (Lipinski definition) is 0. The van der Waals surface area contributed by atoms with E-state index < -0.39 is 0 Å². The molecule has 7 nitrogen and oxygen atoms in total. The van der Waals surface area contributed by atoms with Gasteiger partial charge in [0, 0.05) is 0 Å². The van der Waals surface area contributed by atoms with Crippen LogP contribution in [0, 0.1) is 0 Å². The van der Waals surface area contributed by atoms with E-state index in [1.54, 1.807) is 12.5 Å². The molecule has 3 aromatic heterocycles. The number of furan rings is 2. The molecule has 1 saturated carbocycles. The largest absolute Gasteiger partial charge is 0.468 e. The van der Waals surface area contributed by atoms with Gasteiger partial charge in [0.25, 0.3) is 0 Å². The van der Waals surface area contributed by atoms with Crippen LogP contribution in [0.2, 0.25) is 0 Å². The van der Waals surface area contributed by atoms with Crippen molar-refractivity contribution in [3.05, 3.63) is 54.1 Å². The predicted octanol–water partition coefficient (Wildman–Crippen LogP) is 2.40. The smallest absolute Gasteiger partial charge is 0.165 e. The second kappa shape index (κ2) is 5.76. The third kappa shape index (κ3) is 2.94. The molecule has 1 aliphatic carbocycles. The minimum absolute atomic E-state index is 0.471. The lowest BCUT2D eigenvalue weighted by Gasteiger charge is -2.19. The van der Waals surface area contributed by atoms with Crippen molar-refractivity contribution in [2.75, 3.05) is 0 Å². The Morgan fingerprint density at radius 2 is 1.73 bits per heavy atom. The van der Waals surface area contributed by atoms with E-state index in [1.807, 2.05) is 28.9 Å². The molecule has 114 valence electrons. The van der Waals surface area contributed by atoms with Crippen LogP contribution in [-0.2, 0) is 19.6 Å². The second-order valence-corrected chi connectivity index (χ2v) is 5.57. The Kier molecular flexibility index (Phi) is 3.48. The molecule has 4 rings (SSSR count). The quantitative estimate of drug-likeness (QED) is 0.667. The molecule has 0 aliphatic heterocycles. The van der Waals surface area contributed by atoms with E-state index in [0.717, 1.165) is 30.2 Å². The summed E-state index contributed by atoms with van der Waals surface area (Å²) in [6.45, 7) is 2.03. The van der Waals surface area contributed by atoms with Gasteiger partial charge in [-0.05, 0) is 47.5 Å². The summed E-state index contributed by atoms with van der Waals surface area (Å²) in [6, 6.07) is 8.21. The zero-order valence-corrected chi connectivity index (χ0v) is 12.1. The van der Waals surface area contributed by atoms with Gasteiger partial charge in [0.1, 0.15) is 11.5 Å². The Morgan fingerprint density at radius 1 is 1.05 bits per heavy atom. The molecule has 0 saturated heterocycles. The van der Waals surface area contributed by atoms with Crippen LogP contribution in [-0.4, -0.2) is 25.1 Å². The number of aromatic nitrogens is 4. The van der Waals surface area contributed by atoms with Gasteiger partial charge in [0.05, 0.1) is 38.2 Å². The van der Waals surface area contributed by atoms with Gasteiger partial charge in [0.15, 0.2) is 5.82 Å². The lowest BCUT2D eigenvalue weighted by molar-refractivity contribution is 0.201. The highest BCUT2D eigenvalue weighted by Crippen LogP contribution is 2.34. The summed E-state index contributed by atoms with van der Waals surface area (Å²) in [5.74, 6) is 2.72. The van der Waals surface area contributed by atoms with Crippen LogP contribution in [0.3, 0.4) is 0 Å². The lowest BCUT2D eigenvalue weighted by atomic mass is 10.3. The molecule has 3 aromatic rings. The van der Waals surface area contributed by atoms with Gasteiger partial charge in [-0.15, -0.1) is 5.10 Å². The summed E-state index contributed by atoms with van der Waals surface area (Å²) in [5, 5.41) is 12.1. The Hall–Kier alpha value is -2.41. The molecule has 0 amide bonds. The van der Waals surface area contributed by atoms with Crippen molar-refractivity contribution in [1.82, 2.24) is 25.1 Å². The maximum absolute atomic E-state index is 5.46. The average molecular weight is 299 g/mol. The van der Waals surface area contributed by atoms with E-state index in [2.05, 4.69) is 20.4 Å². The van der Waals surface area contributed by atoms with Crippen LogP contribution in [0.15, 0.2) is 45.6 Å². The molecule has 0 atom stereocenters. The van der Waals surface area contributed by atoms with Gasteiger partial charge in [-0.3, -0.25) is 4.90 Å². The first-order valence-electron chi connectivity index (χ1n) is 7.42. The summed E-state index contributed by atoms with van der Waals surface area (Å²) in [4.78, 5) is 2.21. The Labute approximate surface area is 127 Å². The SMILES string of the molecule is c1coc(CN(Cc2ccco2)Cc2nnnn2C2CC2)c1. The molecule has 0 radical (unpaired) electrons. The first-order valence-corrected chi connectivity index (χ1v) is 7.42. The number of hydrogen-bond acceptors (Lipinski definition) is 6. The van der Waals surface area contributed by atoms with Crippen molar-refractivity contribution >= 4 is 0 Å². The first kappa shape index (κ1) is 13.3. The van der Waals surface area contributed by atoms with Crippen LogP contribution < -0.4 is 0 Å². The zero-order chi connectivity index (χ0) is 14.8. The van der Waals surface area contributed by atoms with Gasteiger partial charge < -0.3 is 8.83 Å². The number of nitrogens with zero attached hydrogens (tertiary/aromatic N) is 5. The Morgan fingerprint density at radius 3 is 2.27 bits per heavy atom. The van der Waals surface area contributed by atoms with E-state index in [-0.39, 0.29) is 0 Å². The van der Waals surface area contributed by atoms with Crippen molar-refractivity contribution in [3.63, 3.8) is 0 Å². The highest BCUT2D eigenvalue weighted by molar-refractivity contribution is 5.02. The molecule has 0 unspecified atom stereocenters. The molecule has 1 aliphatic rings. The van der Waals surface area contributed by atoms with Crippen molar-refractivity contribution in [2.24, 2.45) is 0 Å². The monoisotopic (exact) mass is 299 g/mol. The fourth-order valence-electron chi connectivity index (χ4n) is 2.53. The van der Waals surface area contributed by atoms with E-state index in [1.165, 1.54) is 0 Å². The molecule has 22 heavy (non-hydrogen) atoms. The molecule has 0 aromatic carbocycles. The fraction of sp³-hybridized carbons (Fsp3) is 0.400. The molecule has 7 heteroatoms. The van der Waals surface area contributed by atoms with Crippen LogP contribution in [0.25, 0.3) is 0 Å². The van der Waals surface area contributed by atoms with Gasteiger partial charge in [0.2, 0.25) is 0 Å². The van der Waals surface area contributed by atoms with E-state index in [4.69, 9.17) is 8.83 Å². The maximum Gasteiger partial charge on any atom is 0.165 e. The molecular weight excluding hydrogens is 282 g/mol. The maximum atomic E-state index is 5.46. The third-order valence-corrected chi connectivity index (χ3v) is 3.74. The highest BCUT2D eigenvalue weighted by atomic mass is 16.3. The number of rotatable bonds is 7. The predicted molar refractivity (Wildman–Crippen MR) is 76.5 cm³/mol. The minimum atomic E-state index is 0.471. The summed E-state index contributed by atoms with van der Waals surface area (Å²) >= 11 is 0. The van der Waals surface area contributed by atoms with E-state index in [9.17, 15) is 0 Å². The van der Waals surface area contributed by atoms with Crippen molar-refractivity contribution in [2.45, 2.75) is 38.5 Å². The standard InChI is InChI=1S/C15H17N5O2/c1-3-13(21-7-1)9-19(10-14-4-2-8-22-14)11-15-16-17-18-20(15)12-5-6-12/h1-4,7-8,12H,5-6,9-11H2. The summed E-state index contributed by atoms with van der Waals surface area (Å²) in [7, 11) is 0. The van der Waals surface area contributed by atoms with Crippen LogP contribution in [0.5, 0.6) is 0 Å². The molecule has 0 spiro atoms. The minimum Gasteiger partial charge on any atom is -0.468 e. The topological polar surface area (TPSA) is 73.1 Å². The van der Waals surface area contributed by atoms with Crippen molar-refractivity contribution < 1.29 is 8.83 Å². The Bertz CT molecular complexity index is 664. The van der Waals surface area contributed by atoms with Crippen molar-refractivity contribution in [1.29, 1.82) is 0 Å². The average Bonchev–Trinajstić information content (AvgIpc) is 2.97. The summed E-state index contributed by atoms with van der Waals surface area (Å²) in [5.41, 5.74) is 0. The second-order valence-electron chi connectivity index (χ2n) is 5.57. The molecule has 1 fully saturated rings. The molecular formula is C15H17N5O2. The number of tetrazole rings is 1. The van der Waals surface area contributed by atoms with E-state index in [0.29, 0.717) is 25.7 Å². The van der Waals surface area contributed by atoms with Gasteiger partial charge in [-0.2, -0.15) is 0 Å². The van der Waals surface area contributed by atoms with Crippen molar-refractivity contribution in [3.8, 4) is 0 Å². The van der Waals surface area contributed by atoms with Gasteiger partial charge >= 0.3 is 0 Å². The summed E-state index contributed by atoms with van der Waals surface area (Å²) < 4.78 is 12.9. The highest BCUT2D eigenvalue weighted by Gasteiger charge is 2.28. The first-order chi connectivity index (χ1) is 10.9. The fourth-order valence-corrected chi connectivity index (χ4v) is 2.53. The van der Waals surface area contributed by atoms with E-state index >= 15 is 0 Å². The van der Waals surface area contributed by atoms with Gasteiger partial charge in [-0.25, -0.2) is 4.68 Å². The van der Waals surface area contributed by atoms with Gasteiger partial charge in [-0.1, -0.05) is 0 Å². The Balaban J connectivity index is 1.51. The third-order valence-electron chi connectivity index (χ3n) is 3.74. The molecule has 3 heterocycles. The normalized spacial score (nSPS) is 14.8. The summed E-state index contributed by atoms with van der Waals surface area (Å²) in [6.07, 6.45) is 5.70. The lowest BCUT2D eigenvalue weighted by Crippen LogP contribution is -2.24. The zero-order valence-electron chi connectivity index (χ0n) is 12.1. The van der Waals surface area contributed by atoms with Crippen LogP contribution >= 0.6 is 0 Å². The molecule has 0 N–H and O–H groups in total. The van der Waals surface area contributed by atoms with Crippen LogP contribution in [0.1, 0.15) is 36.2 Å². The molecule has 0 bridgehead atoms. The van der Waals surface area contributed by atoms with Crippen LogP contribution in [0.4, 0.5) is 0 Å².